The van der Waals surface area contributed by atoms with Crippen LogP contribution in [-0.2, 0) is 4.79 Å². The summed E-state index contributed by atoms with van der Waals surface area (Å²) in [5.41, 5.74) is 0.944. The van der Waals surface area contributed by atoms with Crippen LogP contribution in [0.5, 0.6) is 5.75 Å². The summed E-state index contributed by atoms with van der Waals surface area (Å²) in [6, 6.07) is 7.40. The van der Waals surface area contributed by atoms with Crippen LogP contribution in [0.3, 0.4) is 0 Å². The molecule has 1 unspecified atom stereocenters. The highest BCUT2D eigenvalue weighted by Crippen LogP contribution is 2.17. The number of hydrogen-bond donors (Lipinski definition) is 0. The van der Waals surface area contributed by atoms with Gasteiger partial charge in [-0.1, -0.05) is 37.8 Å². The molecule has 1 aromatic carbocycles. The number of rotatable bonds is 3. The van der Waals surface area contributed by atoms with Crippen molar-refractivity contribution in [2.75, 3.05) is 0 Å². The van der Waals surface area contributed by atoms with Crippen molar-refractivity contribution in [1.29, 1.82) is 0 Å². The quantitative estimate of drug-likeness (QED) is 0.565. The molecular weight excluding hydrogens is 196 g/mol. The summed E-state index contributed by atoms with van der Waals surface area (Å²) in [4.78, 5) is 11.4. The van der Waals surface area contributed by atoms with Crippen molar-refractivity contribution in [2.24, 2.45) is 0 Å². The fourth-order valence-corrected chi connectivity index (χ4v) is 1.06. The van der Waals surface area contributed by atoms with Crippen molar-refractivity contribution in [1.82, 2.24) is 0 Å². The molecule has 0 aliphatic rings. The van der Waals surface area contributed by atoms with Gasteiger partial charge in [-0.3, -0.25) is 4.79 Å². The van der Waals surface area contributed by atoms with E-state index in [1.54, 1.807) is 6.07 Å². The van der Waals surface area contributed by atoms with Gasteiger partial charge in [0, 0.05) is 0 Å². The second-order valence-electron chi connectivity index (χ2n) is 3.08. The predicted molar refractivity (Wildman–Crippen MR) is 58.5 cm³/mol. The van der Waals surface area contributed by atoms with Crippen LogP contribution in [-0.4, -0.2) is 11.2 Å². The number of para-hydroxylation sites is 1. The van der Waals surface area contributed by atoms with Gasteiger partial charge >= 0.3 is 5.97 Å². The molecule has 0 aromatic heterocycles. The molecule has 0 bridgehead atoms. The minimum atomic E-state index is -0.449. The highest BCUT2D eigenvalue weighted by Gasteiger charge is 2.15. The van der Waals surface area contributed by atoms with Gasteiger partial charge in [0.2, 0.25) is 0 Å². The first-order valence-corrected chi connectivity index (χ1v) is 5.05. The molecule has 0 saturated carbocycles. The topological polar surface area (TPSA) is 26.3 Å². The summed E-state index contributed by atoms with van der Waals surface area (Å²) in [7, 11) is 0. The van der Waals surface area contributed by atoms with E-state index < -0.39 is 5.25 Å². The Morgan fingerprint density at radius 3 is 2.71 bits per heavy atom. The maximum Gasteiger partial charge on any atom is 0.325 e. The monoisotopic (exact) mass is 209 g/mol. The second kappa shape index (κ2) is 5.05. The second-order valence-corrected chi connectivity index (χ2v) is 3.65. The van der Waals surface area contributed by atoms with E-state index in [0.717, 1.165) is 5.56 Å². The lowest BCUT2D eigenvalue weighted by atomic mass is 10.2. The molecule has 1 atom stereocenters. The van der Waals surface area contributed by atoms with E-state index in [1.165, 1.54) is 0 Å². The molecule has 75 valence electrons. The molecule has 2 nitrogen and oxygen atoms in total. The number of aryl methyl sites for hydroxylation is 1. The standard InChI is InChI=1S/C11H13O2S/c1-3-10(14)11(12)13-9-7-5-4-6-8(9)2/h4-7,10H,3H2,1-2H3. The van der Waals surface area contributed by atoms with Crippen LogP contribution in [0.2, 0.25) is 0 Å². The Labute approximate surface area is 89.7 Å². The third-order valence-corrected chi connectivity index (χ3v) is 2.46. The molecule has 3 heteroatoms. The molecule has 0 N–H and O–H groups in total. The zero-order valence-electron chi connectivity index (χ0n) is 8.32. The third-order valence-electron chi connectivity index (χ3n) is 1.94. The van der Waals surface area contributed by atoms with Crippen molar-refractivity contribution in [3.8, 4) is 5.75 Å². The maximum absolute atomic E-state index is 11.4. The van der Waals surface area contributed by atoms with Gasteiger partial charge in [-0.2, -0.15) is 0 Å². The zero-order valence-corrected chi connectivity index (χ0v) is 9.14. The van der Waals surface area contributed by atoms with E-state index in [0.29, 0.717) is 12.2 Å². The van der Waals surface area contributed by atoms with Crippen LogP contribution in [0, 0.1) is 6.92 Å². The van der Waals surface area contributed by atoms with Crippen molar-refractivity contribution < 1.29 is 9.53 Å². The zero-order chi connectivity index (χ0) is 10.6. The largest absolute Gasteiger partial charge is 0.425 e. The van der Waals surface area contributed by atoms with Crippen LogP contribution >= 0.6 is 12.6 Å². The molecule has 0 aliphatic heterocycles. The molecule has 1 aromatic rings. The molecule has 0 aliphatic carbocycles. The molecule has 0 amide bonds. The molecule has 0 fully saturated rings. The van der Waals surface area contributed by atoms with Gasteiger partial charge in [0.15, 0.2) is 0 Å². The summed E-state index contributed by atoms with van der Waals surface area (Å²) >= 11 is 4.93. The lowest BCUT2D eigenvalue weighted by Crippen LogP contribution is -2.20. The van der Waals surface area contributed by atoms with Crippen LogP contribution in [0.25, 0.3) is 0 Å². The fourth-order valence-electron chi connectivity index (χ4n) is 1.01. The average molecular weight is 209 g/mol. The van der Waals surface area contributed by atoms with E-state index >= 15 is 0 Å². The first-order chi connectivity index (χ1) is 6.65. The van der Waals surface area contributed by atoms with E-state index in [4.69, 9.17) is 17.4 Å². The first kappa shape index (κ1) is 11.1. The van der Waals surface area contributed by atoms with E-state index in [1.807, 2.05) is 32.0 Å². The third kappa shape index (κ3) is 2.77. The van der Waals surface area contributed by atoms with Crippen LogP contribution in [0.1, 0.15) is 18.9 Å². The number of carbonyl (C=O) groups is 1. The van der Waals surface area contributed by atoms with E-state index in [-0.39, 0.29) is 5.97 Å². The molecule has 1 radical (unpaired) electrons. The lowest BCUT2D eigenvalue weighted by Gasteiger charge is -2.09. The van der Waals surface area contributed by atoms with Crippen molar-refractivity contribution in [3.63, 3.8) is 0 Å². The number of hydrogen-bond acceptors (Lipinski definition) is 2. The van der Waals surface area contributed by atoms with Gasteiger partial charge in [-0.05, 0) is 25.0 Å². The van der Waals surface area contributed by atoms with Crippen LogP contribution < -0.4 is 4.74 Å². The summed E-state index contributed by atoms with van der Waals surface area (Å²) in [6.07, 6.45) is 0.625. The minimum Gasteiger partial charge on any atom is -0.425 e. The Balaban J connectivity index is 2.70. The molecule has 0 heterocycles. The predicted octanol–water partition coefficient (Wildman–Crippen LogP) is 2.88. The fraction of sp³-hybridized carbons (Fsp3) is 0.364. The van der Waals surface area contributed by atoms with Crippen LogP contribution in [0.4, 0.5) is 0 Å². The SMILES string of the molecule is CCC([S])C(=O)Oc1ccccc1C. The summed E-state index contributed by atoms with van der Waals surface area (Å²) in [6.45, 7) is 3.77. The van der Waals surface area contributed by atoms with Crippen LogP contribution in [0.15, 0.2) is 24.3 Å². The molecule has 14 heavy (non-hydrogen) atoms. The molecular formula is C11H13O2S. The van der Waals surface area contributed by atoms with Gasteiger partial charge in [-0.15, -0.1) is 0 Å². The first-order valence-electron chi connectivity index (χ1n) is 4.58. The Kier molecular flexibility index (Phi) is 4.01. The summed E-state index contributed by atoms with van der Waals surface area (Å²) < 4.78 is 5.15. The van der Waals surface area contributed by atoms with Crippen molar-refractivity contribution >= 4 is 18.6 Å². The summed E-state index contributed by atoms with van der Waals surface area (Å²) in [5.74, 6) is 0.262. The van der Waals surface area contributed by atoms with Gasteiger partial charge < -0.3 is 4.74 Å². The van der Waals surface area contributed by atoms with Gasteiger partial charge in [0.05, 0.1) is 0 Å². The number of esters is 1. The maximum atomic E-state index is 11.4. The number of carbonyl (C=O) groups excluding carboxylic acids is 1. The Bertz CT molecular complexity index is 323. The van der Waals surface area contributed by atoms with Gasteiger partial charge in [0.1, 0.15) is 11.0 Å². The normalized spacial score (nSPS) is 12.2. The number of ether oxygens (including phenoxy) is 1. The Morgan fingerprint density at radius 2 is 2.14 bits per heavy atom. The number of benzene rings is 1. The molecule has 1 rings (SSSR count). The average Bonchev–Trinajstić information content (AvgIpc) is 2.20. The van der Waals surface area contributed by atoms with E-state index in [9.17, 15) is 4.79 Å². The highest BCUT2D eigenvalue weighted by atomic mass is 32.1. The minimum absolute atomic E-state index is 0.336. The lowest BCUT2D eigenvalue weighted by molar-refractivity contribution is -0.133. The Hall–Kier alpha value is -0.960. The smallest absolute Gasteiger partial charge is 0.325 e. The van der Waals surface area contributed by atoms with Gasteiger partial charge in [-0.25, -0.2) is 0 Å². The van der Waals surface area contributed by atoms with Gasteiger partial charge in [0.25, 0.3) is 0 Å². The molecule has 0 spiro atoms. The summed E-state index contributed by atoms with van der Waals surface area (Å²) in [5, 5.41) is -0.449. The van der Waals surface area contributed by atoms with E-state index in [2.05, 4.69) is 0 Å². The Morgan fingerprint density at radius 1 is 1.50 bits per heavy atom. The molecule has 0 saturated heterocycles. The highest BCUT2D eigenvalue weighted by molar-refractivity contribution is 7.81. The van der Waals surface area contributed by atoms with Crippen molar-refractivity contribution in [3.05, 3.63) is 29.8 Å². The van der Waals surface area contributed by atoms with Crippen molar-refractivity contribution in [2.45, 2.75) is 25.5 Å².